The SMILES string of the molecule is CC.CC(=O)NCCCOC(C)=O. The number of hydrogen-bond acceptors (Lipinski definition) is 3. The van der Waals surface area contributed by atoms with Crippen LogP contribution >= 0.6 is 0 Å². The van der Waals surface area contributed by atoms with Gasteiger partial charge in [0.2, 0.25) is 5.91 Å². The maximum Gasteiger partial charge on any atom is 0.302 e. The van der Waals surface area contributed by atoms with Crippen molar-refractivity contribution in [2.75, 3.05) is 13.2 Å². The number of amides is 1. The molecular formula is C9H19NO3. The van der Waals surface area contributed by atoms with Gasteiger partial charge in [0, 0.05) is 20.4 Å². The topological polar surface area (TPSA) is 55.4 Å². The predicted molar refractivity (Wildman–Crippen MR) is 51.3 cm³/mol. The van der Waals surface area contributed by atoms with Gasteiger partial charge in [0.1, 0.15) is 0 Å². The Morgan fingerprint density at radius 1 is 1.23 bits per heavy atom. The standard InChI is InChI=1S/C7H13NO3.C2H6/c1-6(9)8-4-3-5-11-7(2)10;1-2/h3-5H2,1-2H3,(H,8,9);1-2H3. The van der Waals surface area contributed by atoms with E-state index in [0.29, 0.717) is 19.6 Å². The molecule has 0 aromatic heterocycles. The molecule has 0 unspecified atom stereocenters. The molecule has 0 heterocycles. The minimum Gasteiger partial charge on any atom is -0.466 e. The fraction of sp³-hybridized carbons (Fsp3) is 0.778. The van der Waals surface area contributed by atoms with Crippen molar-refractivity contribution in [3.05, 3.63) is 0 Å². The van der Waals surface area contributed by atoms with E-state index in [9.17, 15) is 9.59 Å². The van der Waals surface area contributed by atoms with Gasteiger partial charge in [0.05, 0.1) is 6.61 Å². The molecule has 1 N–H and O–H groups in total. The molecule has 0 spiro atoms. The Kier molecular flexibility index (Phi) is 12.2. The van der Waals surface area contributed by atoms with Crippen molar-refractivity contribution in [3.63, 3.8) is 0 Å². The summed E-state index contributed by atoms with van der Waals surface area (Å²) in [6.07, 6.45) is 0.666. The van der Waals surface area contributed by atoms with Crippen molar-refractivity contribution < 1.29 is 14.3 Å². The fourth-order valence-corrected chi connectivity index (χ4v) is 0.552. The van der Waals surface area contributed by atoms with E-state index in [0.717, 1.165) is 0 Å². The van der Waals surface area contributed by atoms with E-state index in [1.165, 1.54) is 13.8 Å². The van der Waals surface area contributed by atoms with E-state index in [1.807, 2.05) is 13.8 Å². The number of ether oxygens (including phenoxy) is 1. The molecule has 0 saturated carbocycles. The van der Waals surface area contributed by atoms with Gasteiger partial charge in [0.15, 0.2) is 0 Å². The van der Waals surface area contributed by atoms with Crippen LogP contribution in [0.15, 0.2) is 0 Å². The van der Waals surface area contributed by atoms with Gasteiger partial charge in [0.25, 0.3) is 0 Å². The summed E-state index contributed by atoms with van der Waals surface area (Å²) in [6, 6.07) is 0. The Hall–Kier alpha value is -1.06. The Balaban J connectivity index is 0. The summed E-state index contributed by atoms with van der Waals surface area (Å²) in [7, 11) is 0. The fourth-order valence-electron chi connectivity index (χ4n) is 0.552. The highest BCUT2D eigenvalue weighted by atomic mass is 16.5. The van der Waals surface area contributed by atoms with Crippen molar-refractivity contribution in [1.29, 1.82) is 0 Å². The highest BCUT2D eigenvalue weighted by Crippen LogP contribution is 1.81. The quantitative estimate of drug-likeness (QED) is 0.532. The van der Waals surface area contributed by atoms with Gasteiger partial charge in [-0.1, -0.05) is 13.8 Å². The molecule has 0 aliphatic rings. The van der Waals surface area contributed by atoms with Crippen LogP contribution in [0.1, 0.15) is 34.1 Å². The minimum absolute atomic E-state index is 0.0622. The summed E-state index contributed by atoms with van der Waals surface area (Å²) in [5.74, 6) is -0.347. The lowest BCUT2D eigenvalue weighted by Crippen LogP contribution is -2.22. The van der Waals surface area contributed by atoms with Crippen molar-refractivity contribution in [2.24, 2.45) is 0 Å². The van der Waals surface area contributed by atoms with E-state index in [1.54, 1.807) is 0 Å². The maximum atomic E-state index is 10.3. The first kappa shape index (κ1) is 14.5. The van der Waals surface area contributed by atoms with E-state index in [4.69, 9.17) is 0 Å². The minimum atomic E-state index is -0.284. The maximum absolute atomic E-state index is 10.3. The third-order valence-corrected chi connectivity index (χ3v) is 1.00. The summed E-state index contributed by atoms with van der Waals surface area (Å²) in [4.78, 5) is 20.6. The van der Waals surface area contributed by atoms with Crippen LogP contribution in [0.3, 0.4) is 0 Å². The number of nitrogens with one attached hydrogen (secondary N) is 1. The monoisotopic (exact) mass is 189 g/mol. The summed E-state index contributed by atoms with van der Waals surface area (Å²) in [6.45, 7) is 7.74. The zero-order chi connectivity index (χ0) is 10.7. The Morgan fingerprint density at radius 2 is 1.77 bits per heavy atom. The molecular weight excluding hydrogens is 170 g/mol. The smallest absolute Gasteiger partial charge is 0.302 e. The number of rotatable bonds is 4. The molecule has 0 aliphatic heterocycles. The molecule has 4 nitrogen and oxygen atoms in total. The van der Waals surface area contributed by atoms with Crippen LogP contribution in [0.5, 0.6) is 0 Å². The average Bonchev–Trinajstić information content (AvgIpc) is 2.06. The van der Waals surface area contributed by atoms with Gasteiger partial charge in [-0.15, -0.1) is 0 Å². The van der Waals surface area contributed by atoms with Crippen LogP contribution in [0, 0.1) is 0 Å². The van der Waals surface area contributed by atoms with Crippen molar-refractivity contribution in [2.45, 2.75) is 34.1 Å². The first-order valence-corrected chi connectivity index (χ1v) is 4.50. The number of esters is 1. The summed E-state index contributed by atoms with van der Waals surface area (Å²) in [5, 5.41) is 2.59. The predicted octanol–water partition coefficient (Wildman–Crippen LogP) is 1.10. The van der Waals surface area contributed by atoms with Gasteiger partial charge < -0.3 is 10.1 Å². The normalized spacial score (nSPS) is 8.00. The zero-order valence-corrected chi connectivity index (χ0v) is 8.85. The number of hydrogen-bond donors (Lipinski definition) is 1. The van der Waals surface area contributed by atoms with E-state index in [2.05, 4.69) is 10.1 Å². The van der Waals surface area contributed by atoms with Gasteiger partial charge in [-0.25, -0.2) is 0 Å². The highest BCUT2D eigenvalue weighted by molar-refractivity contribution is 5.72. The van der Waals surface area contributed by atoms with Crippen LogP contribution in [0.4, 0.5) is 0 Å². The first-order chi connectivity index (χ1) is 6.13. The zero-order valence-electron chi connectivity index (χ0n) is 8.85. The van der Waals surface area contributed by atoms with E-state index >= 15 is 0 Å². The third kappa shape index (κ3) is 18.2. The van der Waals surface area contributed by atoms with Crippen LogP contribution in [0.25, 0.3) is 0 Å². The van der Waals surface area contributed by atoms with Gasteiger partial charge in [-0.3, -0.25) is 9.59 Å². The Bertz CT molecular complexity index is 130. The molecule has 0 aliphatic carbocycles. The van der Waals surface area contributed by atoms with Crippen LogP contribution in [-0.4, -0.2) is 25.0 Å². The Labute approximate surface area is 79.7 Å². The molecule has 0 rings (SSSR count). The van der Waals surface area contributed by atoms with Crippen molar-refractivity contribution in [3.8, 4) is 0 Å². The molecule has 0 radical (unpaired) electrons. The molecule has 0 bridgehead atoms. The second-order valence-corrected chi connectivity index (χ2v) is 2.18. The Morgan fingerprint density at radius 3 is 2.15 bits per heavy atom. The van der Waals surface area contributed by atoms with Gasteiger partial charge in [-0.2, -0.15) is 0 Å². The molecule has 0 aromatic carbocycles. The second kappa shape index (κ2) is 10.9. The molecule has 1 amide bonds. The molecule has 0 aromatic rings. The molecule has 4 heteroatoms. The van der Waals surface area contributed by atoms with E-state index in [-0.39, 0.29) is 11.9 Å². The molecule has 78 valence electrons. The van der Waals surface area contributed by atoms with Crippen LogP contribution < -0.4 is 5.32 Å². The summed E-state index contributed by atoms with van der Waals surface area (Å²) < 4.78 is 4.63. The lowest BCUT2D eigenvalue weighted by molar-refractivity contribution is -0.140. The van der Waals surface area contributed by atoms with Crippen LogP contribution in [0.2, 0.25) is 0 Å². The molecule has 13 heavy (non-hydrogen) atoms. The second-order valence-electron chi connectivity index (χ2n) is 2.18. The molecule has 0 saturated heterocycles. The largest absolute Gasteiger partial charge is 0.466 e. The number of carbonyl (C=O) groups excluding carboxylic acids is 2. The average molecular weight is 189 g/mol. The lowest BCUT2D eigenvalue weighted by atomic mass is 10.4. The summed E-state index contributed by atoms with van der Waals surface area (Å²) >= 11 is 0. The lowest BCUT2D eigenvalue weighted by Gasteiger charge is -2.01. The third-order valence-electron chi connectivity index (χ3n) is 1.00. The highest BCUT2D eigenvalue weighted by Gasteiger charge is 1.93. The van der Waals surface area contributed by atoms with Crippen molar-refractivity contribution in [1.82, 2.24) is 5.32 Å². The van der Waals surface area contributed by atoms with Gasteiger partial charge >= 0.3 is 5.97 Å². The summed E-state index contributed by atoms with van der Waals surface area (Å²) in [5.41, 5.74) is 0. The van der Waals surface area contributed by atoms with Crippen LogP contribution in [-0.2, 0) is 14.3 Å². The molecule has 0 fully saturated rings. The van der Waals surface area contributed by atoms with Crippen molar-refractivity contribution >= 4 is 11.9 Å². The van der Waals surface area contributed by atoms with Gasteiger partial charge in [-0.05, 0) is 6.42 Å². The molecule has 0 atom stereocenters. The first-order valence-electron chi connectivity index (χ1n) is 4.50. The number of carbonyl (C=O) groups is 2. The van der Waals surface area contributed by atoms with E-state index < -0.39 is 0 Å².